The third-order valence-electron chi connectivity index (χ3n) is 3.00. The standard InChI is InChI=1S/C12H18N2/c1-10-7-14(9-12(10)13)8-11-5-3-2-4-6-11/h2-6,10,12H,7-9,13H2,1H3/t10-,12-/m1/s1. The van der Waals surface area contributed by atoms with Gasteiger partial charge in [-0.1, -0.05) is 37.3 Å². The Balaban J connectivity index is 1.94. The molecule has 1 saturated heterocycles. The van der Waals surface area contributed by atoms with E-state index in [9.17, 15) is 0 Å². The minimum Gasteiger partial charge on any atom is -0.326 e. The van der Waals surface area contributed by atoms with Gasteiger partial charge < -0.3 is 5.73 Å². The molecule has 2 heteroatoms. The summed E-state index contributed by atoms with van der Waals surface area (Å²) in [6.07, 6.45) is 0. The highest BCUT2D eigenvalue weighted by molar-refractivity contribution is 5.14. The van der Waals surface area contributed by atoms with Crippen LogP contribution in [-0.2, 0) is 6.54 Å². The van der Waals surface area contributed by atoms with Gasteiger partial charge >= 0.3 is 0 Å². The van der Waals surface area contributed by atoms with Crippen LogP contribution < -0.4 is 5.73 Å². The lowest BCUT2D eigenvalue weighted by molar-refractivity contribution is 0.319. The molecular weight excluding hydrogens is 172 g/mol. The van der Waals surface area contributed by atoms with Crippen LogP contribution in [0.5, 0.6) is 0 Å². The molecule has 0 unspecified atom stereocenters. The van der Waals surface area contributed by atoms with Crippen molar-refractivity contribution in [3.8, 4) is 0 Å². The van der Waals surface area contributed by atoms with Crippen molar-refractivity contribution in [2.45, 2.75) is 19.5 Å². The van der Waals surface area contributed by atoms with Gasteiger partial charge in [-0.05, 0) is 11.5 Å². The highest BCUT2D eigenvalue weighted by Crippen LogP contribution is 2.16. The summed E-state index contributed by atoms with van der Waals surface area (Å²) in [6.45, 7) is 5.45. The minimum atomic E-state index is 0.360. The molecule has 0 aliphatic carbocycles. The second kappa shape index (κ2) is 4.11. The van der Waals surface area contributed by atoms with E-state index in [1.165, 1.54) is 5.56 Å². The van der Waals surface area contributed by atoms with Crippen molar-refractivity contribution in [1.82, 2.24) is 4.90 Å². The number of nitrogens with two attached hydrogens (primary N) is 1. The molecule has 76 valence electrons. The topological polar surface area (TPSA) is 29.3 Å². The predicted molar refractivity (Wildman–Crippen MR) is 58.9 cm³/mol. The van der Waals surface area contributed by atoms with Crippen molar-refractivity contribution >= 4 is 0 Å². The van der Waals surface area contributed by atoms with Crippen LogP contribution in [0.2, 0.25) is 0 Å². The summed E-state index contributed by atoms with van der Waals surface area (Å²) >= 11 is 0. The van der Waals surface area contributed by atoms with Crippen molar-refractivity contribution in [2.24, 2.45) is 11.7 Å². The molecule has 14 heavy (non-hydrogen) atoms. The van der Waals surface area contributed by atoms with Crippen LogP contribution in [0.25, 0.3) is 0 Å². The lowest BCUT2D eigenvalue weighted by Crippen LogP contribution is -2.28. The van der Waals surface area contributed by atoms with Gasteiger partial charge in [0.2, 0.25) is 0 Å². The van der Waals surface area contributed by atoms with E-state index in [0.717, 1.165) is 19.6 Å². The highest BCUT2D eigenvalue weighted by Gasteiger charge is 2.25. The van der Waals surface area contributed by atoms with Crippen LogP contribution in [0.15, 0.2) is 30.3 Å². The maximum Gasteiger partial charge on any atom is 0.0234 e. The fourth-order valence-corrected chi connectivity index (χ4v) is 2.07. The van der Waals surface area contributed by atoms with Crippen molar-refractivity contribution in [3.05, 3.63) is 35.9 Å². The number of likely N-dealkylation sites (tertiary alicyclic amines) is 1. The Morgan fingerprint density at radius 3 is 2.57 bits per heavy atom. The highest BCUT2D eigenvalue weighted by atomic mass is 15.2. The van der Waals surface area contributed by atoms with E-state index in [4.69, 9.17) is 5.73 Å². The molecule has 1 aromatic carbocycles. The predicted octanol–water partition coefficient (Wildman–Crippen LogP) is 1.47. The number of hydrogen-bond donors (Lipinski definition) is 1. The monoisotopic (exact) mass is 190 g/mol. The average Bonchev–Trinajstić information content (AvgIpc) is 2.47. The van der Waals surface area contributed by atoms with Crippen LogP contribution >= 0.6 is 0 Å². The van der Waals surface area contributed by atoms with Crippen LogP contribution in [0.1, 0.15) is 12.5 Å². The Kier molecular flexibility index (Phi) is 2.85. The van der Waals surface area contributed by atoms with Gasteiger partial charge in [-0.3, -0.25) is 4.90 Å². The van der Waals surface area contributed by atoms with Crippen molar-refractivity contribution in [2.75, 3.05) is 13.1 Å². The first-order chi connectivity index (χ1) is 6.75. The zero-order chi connectivity index (χ0) is 9.97. The Bertz CT molecular complexity index is 274. The molecule has 0 spiro atoms. The molecule has 1 aromatic rings. The minimum absolute atomic E-state index is 0.360. The van der Waals surface area contributed by atoms with Gasteiger partial charge in [0.05, 0.1) is 0 Å². The molecule has 1 aliphatic rings. The molecule has 2 atom stereocenters. The van der Waals surface area contributed by atoms with Crippen LogP contribution in [-0.4, -0.2) is 24.0 Å². The lowest BCUT2D eigenvalue weighted by atomic mass is 10.1. The molecule has 0 amide bonds. The number of hydrogen-bond acceptors (Lipinski definition) is 2. The first-order valence-electron chi connectivity index (χ1n) is 5.27. The summed E-state index contributed by atoms with van der Waals surface area (Å²) < 4.78 is 0. The van der Waals surface area contributed by atoms with Gasteiger partial charge in [-0.25, -0.2) is 0 Å². The third-order valence-corrected chi connectivity index (χ3v) is 3.00. The summed E-state index contributed by atoms with van der Waals surface area (Å²) in [5.74, 6) is 0.638. The zero-order valence-corrected chi connectivity index (χ0v) is 8.69. The maximum atomic E-state index is 5.98. The number of rotatable bonds is 2. The van der Waals surface area contributed by atoms with Gasteiger partial charge in [0, 0.05) is 25.7 Å². The molecule has 2 N–H and O–H groups in total. The van der Waals surface area contributed by atoms with Crippen LogP contribution in [0, 0.1) is 5.92 Å². The second-order valence-electron chi connectivity index (χ2n) is 4.32. The Labute approximate surface area is 85.7 Å². The van der Waals surface area contributed by atoms with Crippen molar-refractivity contribution in [1.29, 1.82) is 0 Å². The summed E-state index contributed by atoms with van der Waals surface area (Å²) in [5, 5.41) is 0. The summed E-state index contributed by atoms with van der Waals surface area (Å²) in [7, 11) is 0. The number of benzene rings is 1. The first kappa shape index (κ1) is 9.69. The molecule has 1 fully saturated rings. The summed E-state index contributed by atoms with van der Waals surface area (Å²) in [5.41, 5.74) is 7.36. The van der Waals surface area contributed by atoms with Crippen molar-refractivity contribution in [3.63, 3.8) is 0 Å². The molecule has 1 heterocycles. The van der Waals surface area contributed by atoms with Crippen molar-refractivity contribution < 1.29 is 0 Å². The van der Waals surface area contributed by atoms with Crippen LogP contribution in [0.3, 0.4) is 0 Å². The Morgan fingerprint density at radius 2 is 2.00 bits per heavy atom. The molecule has 0 aromatic heterocycles. The first-order valence-corrected chi connectivity index (χ1v) is 5.27. The van der Waals surface area contributed by atoms with E-state index in [1.54, 1.807) is 0 Å². The van der Waals surface area contributed by atoms with Crippen LogP contribution in [0.4, 0.5) is 0 Å². The van der Waals surface area contributed by atoms with E-state index in [1.807, 2.05) is 0 Å². The van der Waals surface area contributed by atoms with Gasteiger partial charge in [-0.15, -0.1) is 0 Å². The van der Waals surface area contributed by atoms with E-state index < -0.39 is 0 Å². The summed E-state index contributed by atoms with van der Waals surface area (Å²) in [6, 6.07) is 11.0. The average molecular weight is 190 g/mol. The van der Waals surface area contributed by atoms with Gasteiger partial charge in [-0.2, -0.15) is 0 Å². The Hall–Kier alpha value is -0.860. The fourth-order valence-electron chi connectivity index (χ4n) is 2.07. The summed E-state index contributed by atoms with van der Waals surface area (Å²) in [4.78, 5) is 2.44. The van der Waals surface area contributed by atoms with Gasteiger partial charge in [0.1, 0.15) is 0 Å². The van der Waals surface area contributed by atoms with E-state index in [2.05, 4.69) is 42.2 Å². The number of nitrogens with zero attached hydrogens (tertiary/aromatic N) is 1. The van der Waals surface area contributed by atoms with Gasteiger partial charge in [0.15, 0.2) is 0 Å². The van der Waals surface area contributed by atoms with Gasteiger partial charge in [0.25, 0.3) is 0 Å². The molecular formula is C12H18N2. The molecule has 0 saturated carbocycles. The quantitative estimate of drug-likeness (QED) is 0.765. The molecule has 2 nitrogen and oxygen atoms in total. The van der Waals surface area contributed by atoms with E-state index in [-0.39, 0.29) is 0 Å². The molecule has 1 aliphatic heterocycles. The Morgan fingerprint density at radius 1 is 1.29 bits per heavy atom. The maximum absolute atomic E-state index is 5.98. The van der Waals surface area contributed by atoms with E-state index >= 15 is 0 Å². The second-order valence-corrected chi connectivity index (χ2v) is 4.32. The lowest BCUT2D eigenvalue weighted by Gasteiger charge is -2.14. The molecule has 0 bridgehead atoms. The fraction of sp³-hybridized carbons (Fsp3) is 0.500. The normalized spacial score (nSPS) is 28.1. The van der Waals surface area contributed by atoms with E-state index in [0.29, 0.717) is 12.0 Å². The zero-order valence-electron chi connectivity index (χ0n) is 8.69. The SMILES string of the molecule is C[C@@H]1CN(Cc2ccccc2)C[C@H]1N. The third kappa shape index (κ3) is 2.14. The largest absolute Gasteiger partial charge is 0.326 e. The smallest absolute Gasteiger partial charge is 0.0234 e. The molecule has 0 radical (unpaired) electrons. The molecule has 2 rings (SSSR count).